The molecule has 1 rings (SSSR count). The van der Waals surface area contributed by atoms with E-state index >= 15 is 0 Å². The molecular formula is C20H30O3. The largest absolute Gasteiger partial charge is 0.481 e. The lowest BCUT2D eigenvalue weighted by Crippen LogP contribution is -1.99. The Kier molecular flexibility index (Phi) is 10.0. The fourth-order valence-electron chi connectivity index (χ4n) is 2.67. The van der Waals surface area contributed by atoms with Crippen molar-refractivity contribution in [2.45, 2.75) is 77.6 Å². The molecule has 128 valence electrons. The van der Waals surface area contributed by atoms with Crippen LogP contribution < -0.4 is 0 Å². The lowest BCUT2D eigenvalue weighted by Gasteiger charge is -2.04. The zero-order valence-electron chi connectivity index (χ0n) is 14.4. The number of aryl methyl sites for hydroxylation is 1. The number of carbonyl (C=O) groups excluding carboxylic acids is 1. The first-order chi connectivity index (χ1) is 11.1. The number of ketones is 1. The van der Waals surface area contributed by atoms with Crippen molar-refractivity contribution < 1.29 is 14.7 Å². The number of benzene rings is 1. The monoisotopic (exact) mass is 318 g/mol. The maximum Gasteiger partial charge on any atom is 0.303 e. The number of aliphatic carboxylic acids is 1. The van der Waals surface area contributed by atoms with Gasteiger partial charge in [-0.15, -0.1) is 0 Å². The molecule has 0 aromatic heterocycles. The average Bonchev–Trinajstić information content (AvgIpc) is 2.55. The molecule has 3 heteroatoms. The molecule has 0 fully saturated rings. The van der Waals surface area contributed by atoms with Gasteiger partial charge in [0.2, 0.25) is 0 Å². The van der Waals surface area contributed by atoms with E-state index in [9.17, 15) is 9.59 Å². The minimum absolute atomic E-state index is 0.195. The standard InChI is InChI=1S/C20H30O3/c1-2-3-4-7-10-17-13-15-18(16-14-17)19(21)11-8-5-6-9-12-20(22)23/h13-16H,2-12H2,1H3,(H,22,23). The molecule has 0 aliphatic rings. The summed E-state index contributed by atoms with van der Waals surface area (Å²) in [6.07, 6.45) is 10.3. The van der Waals surface area contributed by atoms with Gasteiger partial charge in [0, 0.05) is 18.4 Å². The molecule has 0 aliphatic heterocycles. The van der Waals surface area contributed by atoms with Gasteiger partial charge in [0.15, 0.2) is 5.78 Å². The zero-order chi connectivity index (χ0) is 16.9. The van der Waals surface area contributed by atoms with Crippen LogP contribution in [0.1, 0.15) is 87.1 Å². The van der Waals surface area contributed by atoms with Crippen LogP contribution >= 0.6 is 0 Å². The Morgan fingerprint density at radius 2 is 1.43 bits per heavy atom. The highest BCUT2D eigenvalue weighted by Gasteiger charge is 2.06. The third kappa shape index (κ3) is 9.17. The molecule has 0 spiro atoms. The third-order valence-electron chi connectivity index (χ3n) is 4.14. The molecule has 0 radical (unpaired) electrons. The van der Waals surface area contributed by atoms with E-state index in [1.54, 1.807) is 0 Å². The van der Waals surface area contributed by atoms with Crippen molar-refractivity contribution in [1.29, 1.82) is 0 Å². The van der Waals surface area contributed by atoms with E-state index in [4.69, 9.17) is 5.11 Å². The summed E-state index contributed by atoms with van der Waals surface area (Å²) in [6, 6.07) is 8.04. The Morgan fingerprint density at radius 3 is 2.04 bits per heavy atom. The first-order valence-corrected chi connectivity index (χ1v) is 8.97. The molecule has 1 N–H and O–H groups in total. The summed E-state index contributed by atoms with van der Waals surface area (Å²) in [5, 5.41) is 8.56. The summed E-state index contributed by atoms with van der Waals surface area (Å²) in [4.78, 5) is 22.5. The van der Waals surface area contributed by atoms with Crippen LogP contribution in [0.15, 0.2) is 24.3 Å². The number of carboxylic acids is 1. The highest BCUT2D eigenvalue weighted by Crippen LogP contribution is 2.13. The molecule has 0 heterocycles. The lowest BCUT2D eigenvalue weighted by atomic mass is 10.0. The smallest absolute Gasteiger partial charge is 0.303 e. The molecule has 0 unspecified atom stereocenters. The van der Waals surface area contributed by atoms with Gasteiger partial charge < -0.3 is 5.11 Å². The second kappa shape index (κ2) is 11.9. The van der Waals surface area contributed by atoms with E-state index in [2.05, 4.69) is 19.1 Å². The highest BCUT2D eigenvalue weighted by atomic mass is 16.4. The van der Waals surface area contributed by atoms with Crippen molar-refractivity contribution in [3.63, 3.8) is 0 Å². The predicted octanol–water partition coefficient (Wildman–Crippen LogP) is 5.42. The van der Waals surface area contributed by atoms with Crippen LogP contribution in [0.4, 0.5) is 0 Å². The van der Waals surface area contributed by atoms with Crippen molar-refractivity contribution in [1.82, 2.24) is 0 Å². The Morgan fingerprint density at radius 1 is 0.826 bits per heavy atom. The summed E-state index contributed by atoms with van der Waals surface area (Å²) >= 11 is 0. The normalized spacial score (nSPS) is 10.7. The molecular weight excluding hydrogens is 288 g/mol. The van der Waals surface area contributed by atoms with E-state index in [-0.39, 0.29) is 12.2 Å². The SMILES string of the molecule is CCCCCCc1ccc(C(=O)CCCCCCC(=O)O)cc1. The number of Topliss-reactive ketones (excluding diaryl/α,β-unsaturated/α-hetero) is 1. The molecule has 1 aromatic carbocycles. The van der Waals surface area contributed by atoms with Gasteiger partial charge >= 0.3 is 5.97 Å². The van der Waals surface area contributed by atoms with Crippen LogP contribution in [-0.2, 0) is 11.2 Å². The van der Waals surface area contributed by atoms with Crippen LogP contribution in [-0.4, -0.2) is 16.9 Å². The van der Waals surface area contributed by atoms with Gasteiger partial charge in [0.1, 0.15) is 0 Å². The molecule has 23 heavy (non-hydrogen) atoms. The number of unbranched alkanes of at least 4 members (excludes halogenated alkanes) is 6. The molecule has 1 aromatic rings. The van der Waals surface area contributed by atoms with Crippen molar-refractivity contribution in [3.05, 3.63) is 35.4 Å². The van der Waals surface area contributed by atoms with Crippen LogP contribution in [0.5, 0.6) is 0 Å². The zero-order valence-corrected chi connectivity index (χ0v) is 14.4. The van der Waals surface area contributed by atoms with Crippen LogP contribution in [0.3, 0.4) is 0 Å². The second-order valence-electron chi connectivity index (χ2n) is 6.24. The van der Waals surface area contributed by atoms with Crippen molar-refractivity contribution in [2.75, 3.05) is 0 Å². The Balaban J connectivity index is 2.21. The fourth-order valence-corrected chi connectivity index (χ4v) is 2.67. The van der Waals surface area contributed by atoms with E-state index in [0.29, 0.717) is 12.8 Å². The first-order valence-electron chi connectivity index (χ1n) is 8.97. The first kappa shape index (κ1) is 19.4. The highest BCUT2D eigenvalue weighted by molar-refractivity contribution is 5.96. The van der Waals surface area contributed by atoms with E-state index in [1.165, 1.54) is 31.2 Å². The molecule has 0 atom stereocenters. The number of hydrogen-bond donors (Lipinski definition) is 1. The maximum atomic E-state index is 12.1. The minimum Gasteiger partial charge on any atom is -0.481 e. The molecule has 0 saturated carbocycles. The summed E-state index contributed by atoms with van der Waals surface area (Å²) in [6.45, 7) is 2.21. The minimum atomic E-state index is -0.740. The Labute approximate surface area is 140 Å². The molecule has 0 aliphatic carbocycles. The molecule has 0 saturated heterocycles. The van der Waals surface area contributed by atoms with E-state index in [0.717, 1.165) is 31.2 Å². The van der Waals surface area contributed by atoms with E-state index < -0.39 is 5.97 Å². The van der Waals surface area contributed by atoms with Gasteiger partial charge in [-0.05, 0) is 31.2 Å². The Hall–Kier alpha value is -1.64. The third-order valence-corrected chi connectivity index (χ3v) is 4.14. The maximum absolute atomic E-state index is 12.1. The van der Waals surface area contributed by atoms with Crippen LogP contribution in [0.2, 0.25) is 0 Å². The number of carboxylic acid groups (broad SMARTS) is 1. The van der Waals surface area contributed by atoms with Gasteiger partial charge in [-0.2, -0.15) is 0 Å². The summed E-state index contributed by atoms with van der Waals surface area (Å²) in [7, 11) is 0. The number of carbonyl (C=O) groups is 2. The molecule has 0 amide bonds. The number of hydrogen-bond acceptors (Lipinski definition) is 2. The fraction of sp³-hybridized carbons (Fsp3) is 0.600. The van der Waals surface area contributed by atoms with Crippen molar-refractivity contribution in [2.24, 2.45) is 0 Å². The summed E-state index contributed by atoms with van der Waals surface area (Å²) in [5.74, 6) is -0.545. The van der Waals surface area contributed by atoms with Crippen molar-refractivity contribution in [3.8, 4) is 0 Å². The summed E-state index contributed by atoms with van der Waals surface area (Å²) < 4.78 is 0. The topological polar surface area (TPSA) is 54.4 Å². The lowest BCUT2D eigenvalue weighted by molar-refractivity contribution is -0.137. The second-order valence-corrected chi connectivity index (χ2v) is 6.24. The molecule has 0 bridgehead atoms. The van der Waals surface area contributed by atoms with Crippen molar-refractivity contribution >= 4 is 11.8 Å². The van der Waals surface area contributed by atoms with Gasteiger partial charge in [-0.3, -0.25) is 9.59 Å². The van der Waals surface area contributed by atoms with E-state index in [1.807, 2.05) is 12.1 Å². The quantitative estimate of drug-likeness (QED) is 0.390. The summed E-state index contributed by atoms with van der Waals surface area (Å²) in [5.41, 5.74) is 2.11. The Bertz CT molecular complexity index is 462. The van der Waals surface area contributed by atoms with Gasteiger partial charge in [-0.25, -0.2) is 0 Å². The average molecular weight is 318 g/mol. The van der Waals surface area contributed by atoms with Gasteiger partial charge in [0.25, 0.3) is 0 Å². The van der Waals surface area contributed by atoms with Crippen LogP contribution in [0.25, 0.3) is 0 Å². The van der Waals surface area contributed by atoms with Crippen LogP contribution in [0, 0.1) is 0 Å². The molecule has 3 nitrogen and oxygen atoms in total. The number of rotatable bonds is 13. The predicted molar refractivity (Wildman–Crippen MR) is 94.0 cm³/mol. The van der Waals surface area contributed by atoms with Gasteiger partial charge in [-0.1, -0.05) is 63.3 Å². The van der Waals surface area contributed by atoms with Gasteiger partial charge in [0.05, 0.1) is 0 Å².